The van der Waals surface area contributed by atoms with Gasteiger partial charge in [-0.2, -0.15) is 0 Å². The molecule has 0 saturated heterocycles. The van der Waals surface area contributed by atoms with E-state index in [9.17, 15) is 4.79 Å². The van der Waals surface area contributed by atoms with E-state index in [4.69, 9.17) is 14.2 Å². The van der Waals surface area contributed by atoms with E-state index in [2.05, 4.69) is 12.2 Å². The van der Waals surface area contributed by atoms with Crippen LogP contribution in [-0.2, 0) is 4.79 Å². The van der Waals surface area contributed by atoms with Crippen molar-refractivity contribution in [2.24, 2.45) is 0 Å². The molecule has 1 N–H and O–H groups in total. The lowest BCUT2D eigenvalue weighted by molar-refractivity contribution is -0.111. The summed E-state index contributed by atoms with van der Waals surface area (Å²) in [6.45, 7) is 5.31. The predicted octanol–water partition coefficient (Wildman–Crippen LogP) is 4.92. The smallest absolute Gasteiger partial charge is 0.248 e. The second-order valence-corrected chi connectivity index (χ2v) is 5.89. The van der Waals surface area contributed by atoms with Crippen LogP contribution in [0.2, 0.25) is 0 Å². The van der Waals surface area contributed by atoms with E-state index in [1.807, 2.05) is 49.4 Å². The molecule has 1 amide bonds. The van der Waals surface area contributed by atoms with E-state index >= 15 is 0 Å². The van der Waals surface area contributed by atoms with Gasteiger partial charge in [0.2, 0.25) is 5.91 Å². The fraction of sp³-hybridized carbons (Fsp3) is 0.318. The van der Waals surface area contributed by atoms with E-state index in [0.29, 0.717) is 24.7 Å². The minimum absolute atomic E-state index is 0.206. The lowest BCUT2D eigenvalue weighted by Crippen LogP contribution is -2.07. The van der Waals surface area contributed by atoms with Crippen molar-refractivity contribution in [3.8, 4) is 17.2 Å². The lowest BCUT2D eigenvalue weighted by atomic mass is 10.2. The van der Waals surface area contributed by atoms with Crippen LogP contribution in [-0.4, -0.2) is 26.2 Å². The average molecular weight is 369 g/mol. The molecule has 0 heterocycles. The first-order chi connectivity index (χ1) is 13.2. The van der Waals surface area contributed by atoms with Gasteiger partial charge >= 0.3 is 0 Å². The molecule has 2 aromatic carbocycles. The number of rotatable bonds is 10. The summed E-state index contributed by atoms with van der Waals surface area (Å²) < 4.78 is 16.4. The third-order valence-corrected chi connectivity index (χ3v) is 3.80. The van der Waals surface area contributed by atoms with Gasteiger partial charge < -0.3 is 19.5 Å². The molecule has 0 atom stereocenters. The van der Waals surface area contributed by atoms with E-state index < -0.39 is 0 Å². The normalized spacial score (nSPS) is 10.6. The van der Waals surface area contributed by atoms with Crippen molar-refractivity contribution in [3.05, 3.63) is 54.1 Å². The Kier molecular flexibility index (Phi) is 8.23. The van der Waals surface area contributed by atoms with Crippen LogP contribution in [0.15, 0.2) is 48.5 Å². The van der Waals surface area contributed by atoms with Crippen LogP contribution in [0, 0.1) is 0 Å². The molecule has 0 aromatic heterocycles. The average Bonchev–Trinajstić information content (AvgIpc) is 2.69. The maximum atomic E-state index is 12.1. The number of anilines is 1. The molecule has 144 valence electrons. The van der Waals surface area contributed by atoms with Gasteiger partial charge in [-0.25, -0.2) is 0 Å². The van der Waals surface area contributed by atoms with E-state index in [1.165, 1.54) is 6.08 Å². The summed E-state index contributed by atoms with van der Waals surface area (Å²) >= 11 is 0. The molecule has 0 aliphatic heterocycles. The van der Waals surface area contributed by atoms with Crippen molar-refractivity contribution in [2.45, 2.75) is 26.7 Å². The Balaban J connectivity index is 1.93. The molecule has 2 aromatic rings. The summed E-state index contributed by atoms with van der Waals surface area (Å²) in [7, 11) is 1.59. The molecule has 5 heteroatoms. The van der Waals surface area contributed by atoms with Crippen molar-refractivity contribution in [2.75, 3.05) is 25.6 Å². The van der Waals surface area contributed by atoms with Gasteiger partial charge in [0.05, 0.1) is 20.3 Å². The Morgan fingerprint density at radius 1 is 1.04 bits per heavy atom. The third-order valence-electron chi connectivity index (χ3n) is 3.80. The van der Waals surface area contributed by atoms with E-state index in [0.717, 1.165) is 29.8 Å². The molecule has 0 aliphatic carbocycles. The summed E-state index contributed by atoms with van der Waals surface area (Å²) in [4.78, 5) is 12.1. The monoisotopic (exact) mass is 369 g/mol. The number of hydrogen-bond acceptors (Lipinski definition) is 4. The fourth-order valence-corrected chi connectivity index (χ4v) is 2.39. The molecule has 27 heavy (non-hydrogen) atoms. The number of hydrogen-bond donors (Lipinski definition) is 1. The van der Waals surface area contributed by atoms with Gasteiger partial charge in [-0.05, 0) is 61.4 Å². The Hall–Kier alpha value is -2.95. The minimum Gasteiger partial charge on any atom is -0.494 e. The molecular weight excluding hydrogens is 342 g/mol. The minimum atomic E-state index is -0.206. The van der Waals surface area contributed by atoms with Crippen molar-refractivity contribution in [3.63, 3.8) is 0 Å². The number of carbonyl (C=O) groups excluding carboxylic acids is 1. The first-order valence-corrected chi connectivity index (χ1v) is 9.19. The Labute approximate surface area is 161 Å². The fourth-order valence-electron chi connectivity index (χ4n) is 2.39. The van der Waals surface area contributed by atoms with Crippen LogP contribution in [0.1, 0.15) is 32.3 Å². The van der Waals surface area contributed by atoms with Crippen LogP contribution < -0.4 is 19.5 Å². The largest absolute Gasteiger partial charge is 0.494 e. The zero-order valence-corrected chi connectivity index (χ0v) is 16.2. The molecule has 0 saturated carbocycles. The molecular formula is C22H27NO4. The molecule has 0 unspecified atom stereocenters. The number of ether oxygens (including phenoxy) is 3. The van der Waals surface area contributed by atoms with Crippen molar-refractivity contribution in [1.82, 2.24) is 0 Å². The SMILES string of the molecule is CCCCOc1ccc(NC(=O)/C=C/c2ccc(OCC)c(OC)c2)cc1. The standard InChI is InChI=1S/C22H27NO4/c1-4-6-15-27-19-11-9-18(10-12-19)23-22(24)14-8-17-7-13-20(26-5-2)21(16-17)25-3/h7-14,16H,4-6,15H2,1-3H3,(H,23,24)/b14-8+. The summed E-state index contributed by atoms with van der Waals surface area (Å²) in [5.74, 6) is 1.92. The van der Waals surface area contributed by atoms with Crippen LogP contribution in [0.5, 0.6) is 17.2 Å². The van der Waals surface area contributed by atoms with Gasteiger partial charge in [-0.1, -0.05) is 19.4 Å². The zero-order valence-electron chi connectivity index (χ0n) is 16.2. The van der Waals surface area contributed by atoms with Gasteiger partial charge in [0.15, 0.2) is 11.5 Å². The number of benzene rings is 2. The number of amides is 1. The van der Waals surface area contributed by atoms with Gasteiger partial charge in [0.25, 0.3) is 0 Å². The Morgan fingerprint density at radius 2 is 1.81 bits per heavy atom. The maximum absolute atomic E-state index is 12.1. The van der Waals surface area contributed by atoms with Gasteiger partial charge in [0, 0.05) is 11.8 Å². The zero-order chi connectivity index (χ0) is 19.5. The summed E-state index contributed by atoms with van der Waals surface area (Å²) in [6.07, 6.45) is 5.34. The highest BCUT2D eigenvalue weighted by Crippen LogP contribution is 2.28. The number of carbonyl (C=O) groups is 1. The summed E-state index contributed by atoms with van der Waals surface area (Å²) in [5.41, 5.74) is 1.57. The van der Waals surface area contributed by atoms with Crippen molar-refractivity contribution < 1.29 is 19.0 Å². The van der Waals surface area contributed by atoms with Crippen LogP contribution in [0.25, 0.3) is 6.08 Å². The molecule has 0 spiro atoms. The highest BCUT2D eigenvalue weighted by Gasteiger charge is 2.04. The van der Waals surface area contributed by atoms with Crippen LogP contribution in [0.4, 0.5) is 5.69 Å². The van der Waals surface area contributed by atoms with Crippen molar-refractivity contribution >= 4 is 17.7 Å². The maximum Gasteiger partial charge on any atom is 0.248 e. The molecule has 5 nitrogen and oxygen atoms in total. The summed E-state index contributed by atoms with van der Waals surface area (Å²) in [6, 6.07) is 12.9. The molecule has 0 radical (unpaired) electrons. The third kappa shape index (κ3) is 6.70. The van der Waals surface area contributed by atoms with Crippen LogP contribution >= 0.6 is 0 Å². The number of methoxy groups -OCH3 is 1. The molecule has 0 aliphatic rings. The topological polar surface area (TPSA) is 56.8 Å². The van der Waals surface area contributed by atoms with Crippen molar-refractivity contribution in [1.29, 1.82) is 0 Å². The van der Waals surface area contributed by atoms with Crippen LogP contribution in [0.3, 0.4) is 0 Å². The van der Waals surface area contributed by atoms with Gasteiger partial charge in [0.1, 0.15) is 5.75 Å². The molecule has 2 rings (SSSR count). The molecule has 0 fully saturated rings. The second kappa shape index (κ2) is 10.9. The van der Waals surface area contributed by atoms with E-state index in [1.54, 1.807) is 13.2 Å². The first-order valence-electron chi connectivity index (χ1n) is 9.19. The first kappa shape index (κ1) is 20.4. The second-order valence-electron chi connectivity index (χ2n) is 5.89. The number of unbranched alkanes of at least 4 members (excludes halogenated alkanes) is 1. The lowest BCUT2D eigenvalue weighted by Gasteiger charge is -2.09. The van der Waals surface area contributed by atoms with Gasteiger partial charge in [-0.3, -0.25) is 4.79 Å². The Bertz CT molecular complexity index is 753. The predicted molar refractivity (Wildman–Crippen MR) is 109 cm³/mol. The Morgan fingerprint density at radius 3 is 2.48 bits per heavy atom. The quantitative estimate of drug-likeness (QED) is 0.477. The van der Waals surface area contributed by atoms with E-state index in [-0.39, 0.29) is 5.91 Å². The highest BCUT2D eigenvalue weighted by molar-refractivity contribution is 6.01. The van der Waals surface area contributed by atoms with Gasteiger partial charge in [-0.15, -0.1) is 0 Å². The highest BCUT2D eigenvalue weighted by atomic mass is 16.5. The number of nitrogens with one attached hydrogen (secondary N) is 1. The molecule has 0 bridgehead atoms. The summed E-state index contributed by atoms with van der Waals surface area (Å²) in [5, 5.41) is 2.83.